The fraction of sp³-hybridized carbons (Fsp3) is 0.353. The molecule has 0 saturated carbocycles. The van der Waals surface area contributed by atoms with Gasteiger partial charge in [-0.3, -0.25) is 14.9 Å². The highest BCUT2D eigenvalue weighted by molar-refractivity contribution is 6.09. The third kappa shape index (κ3) is 4.76. The number of unbranched alkanes of at least 4 members (excludes halogenated alkanes) is 3. The first-order valence-electron chi connectivity index (χ1n) is 14.6. The third-order valence-corrected chi connectivity index (χ3v) is 8.42. The Bertz CT molecular complexity index is 1700. The van der Waals surface area contributed by atoms with Gasteiger partial charge >= 0.3 is 0 Å². The molecule has 0 amide bonds. The van der Waals surface area contributed by atoms with Crippen LogP contribution in [0.4, 0.5) is 0 Å². The predicted molar refractivity (Wildman–Crippen MR) is 168 cm³/mol. The summed E-state index contributed by atoms with van der Waals surface area (Å²) in [5, 5.41) is 5.15. The number of nitrogens with two attached hydrogens (primary N) is 1. The molecule has 0 aliphatic rings. The molecule has 6 aromatic rings. The topological polar surface area (TPSA) is 64.9 Å². The summed E-state index contributed by atoms with van der Waals surface area (Å²) in [5.41, 5.74) is 15.1. The van der Waals surface area contributed by atoms with E-state index in [1.54, 1.807) is 0 Å². The number of rotatable bonds is 10. The minimum Gasteiger partial charge on any atom is -0.342 e. The summed E-state index contributed by atoms with van der Waals surface area (Å²) >= 11 is 0. The Morgan fingerprint density at radius 3 is 1.62 bits per heavy atom. The molecular weight excluding hydrogens is 492 g/mol. The highest BCUT2D eigenvalue weighted by Gasteiger charge is 2.17. The first kappa shape index (κ1) is 26.5. The number of hydrogen-bond donors (Lipinski definition) is 1. The molecule has 0 aliphatic carbocycles. The number of nitrogens with zero attached hydrogens (tertiary/aromatic N) is 5. The van der Waals surface area contributed by atoms with Gasteiger partial charge in [-0.1, -0.05) is 49.2 Å². The van der Waals surface area contributed by atoms with Crippen LogP contribution >= 0.6 is 0 Å². The van der Waals surface area contributed by atoms with Crippen LogP contribution < -0.4 is 5.73 Å². The molecule has 0 fully saturated rings. The second-order valence-corrected chi connectivity index (χ2v) is 11.3. The van der Waals surface area contributed by atoms with Crippen molar-refractivity contribution in [3.05, 3.63) is 83.4 Å². The molecule has 6 nitrogen and oxygen atoms in total. The average molecular weight is 533 g/mol. The lowest BCUT2D eigenvalue weighted by Crippen LogP contribution is -2.25. The molecule has 6 rings (SSSR count). The van der Waals surface area contributed by atoms with E-state index in [-0.39, 0.29) is 0 Å². The van der Waals surface area contributed by atoms with E-state index >= 15 is 0 Å². The maximum absolute atomic E-state index is 5.75. The van der Waals surface area contributed by atoms with Gasteiger partial charge in [0, 0.05) is 59.8 Å². The maximum atomic E-state index is 5.75. The number of benzene rings is 2. The van der Waals surface area contributed by atoms with Crippen molar-refractivity contribution >= 4 is 43.6 Å². The van der Waals surface area contributed by atoms with Crippen LogP contribution in [0.3, 0.4) is 0 Å². The number of fused-ring (bicyclic) bond motifs is 6. The molecule has 40 heavy (non-hydrogen) atoms. The van der Waals surface area contributed by atoms with Gasteiger partial charge in [-0.25, -0.2) is 0 Å². The van der Waals surface area contributed by atoms with Crippen molar-refractivity contribution in [1.29, 1.82) is 0 Å². The van der Waals surface area contributed by atoms with Gasteiger partial charge in [-0.2, -0.15) is 0 Å². The molecule has 0 atom stereocenters. The molecule has 0 aliphatic heterocycles. The van der Waals surface area contributed by atoms with Gasteiger partial charge in [-0.15, -0.1) is 0 Å². The number of pyridine rings is 2. The van der Waals surface area contributed by atoms with Crippen LogP contribution in [0.1, 0.15) is 48.5 Å². The van der Waals surface area contributed by atoms with E-state index in [2.05, 4.69) is 103 Å². The van der Waals surface area contributed by atoms with E-state index in [9.17, 15) is 0 Å². The Labute approximate surface area is 236 Å². The monoisotopic (exact) mass is 532 g/mol. The maximum Gasteiger partial charge on any atom is 0.0705 e. The first-order valence-corrected chi connectivity index (χ1v) is 14.6. The molecule has 2 N–H and O–H groups in total. The highest BCUT2D eigenvalue weighted by atomic mass is 15.1. The first-order chi connectivity index (χ1) is 19.5. The van der Waals surface area contributed by atoms with Crippen molar-refractivity contribution < 1.29 is 0 Å². The van der Waals surface area contributed by atoms with Crippen molar-refractivity contribution in [3.8, 4) is 0 Å². The van der Waals surface area contributed by atoms with Crippen molar-refractivity contribution in [2.75, 3.05) is 13.1 Å². The molecule has 4 heterocycles. The SMILES string of the molecule is Cc1nc(CN(CCCCCCN)Cc2cc3c4ccccc4n(C)c3c(C)n2)cc2c3ccccc3n(C)c12. The van der Waals surface area contributed by atoms with Gasteiger partial charge < -0.3 is 14.9 Å². The van der Waals surface area contributed by atoms with Gasteiger partial charge in [-0.05, 0) is 64.0 Å². The van der Waals surface area contributed by atoms with Gasteiger partial charge in [0.05, 0.1) is 33.8 Å². The lowest BCUT2D eigenvalue weighted by Gasteiger charge is -2.22. The van der Waals surface area contributed by atoms with E-state index in [0.29, 0.717) is 0 Å². The zero-order chi connectivity index (χ0) is 27.8. The fourth-order valence-electron chi connectivity index (χ4n) is 6.61. The van der Waals surface area contributed by atoms with Crippen LogP contribution in [0, 0.1) is 13.8 Å². The second-order valence-electron chi connectivity index (χ2n) is 11.3. The lowest BCUT2D eigenvalue weighted by atomic mass is 10.1. The summed E-state index contributed by atoms with van der Waals surface area (Å²) in [6, 6.07) is 21.9. The number of aromatic nitrogens is 4. The number of hydrogen-bond acceptors (Lipinski definition) is 4. The van der Waals surface area contributed by atoms with Crippen LogP contribution in [0.15, 0.2) is 60.7 Å². The molecule has 0 bridgehead atoms. The Morgan fingerprint density at radius 1 is 0.650 bits per heavy atom. The summed E-state index contributed by atoms with van der Waals surface area (Å²) < 4.78 is 4.55. The lowest BCUT2D eigenvalue weighted by molar-refractivity contribution is 0.244. The molecule has 0 saturated heterocycles. The molecule has 6 heteroatoms. The van der Waals surface area contributed by atoms with Crippen molar-refractivity contribution in [2.24, 2.45) is 19.8 Å². The Morgan fingerprint density at radius 2 is 1.12 bits per heavy atom. The zero-order valence-electron chi connectivity index (χ0n) is 24.2. The molecular formula is C34H40N6. The molecule has 206 valence electrons. The van der Waals surface area contributed by atoms with Crippen molar-refractivity contribution in [3.63, 3.8) is 0 Å². The summed E-state index contributed by atoms with van der Waals surface area (Å²) in [5.74, 6) is 0. The van der Waals surface area contributed by atoms with Crippen LogP contribution in [-0.2, 0) is 27.2 Å². The molecule has 4 aromatic heterocycles. The second kappa shape index (κ2) is 11.0. The molecule has 0 radical (unpaired) electrons. The summed E-state index contributed by atoms with van der Waals surface area (Å²) in [6.07, 6.45) is 4.61. The average Bonchev–Trinajstić information content (AvgIpc) is 3.40. The smallest absolute Gasteiger partial charge is 0.0705 e. The summed E-state index contributed by atoms with van der Waals surface area (Å²) in [4.78, 5) is 12.7. The van der Waals surface area contributed by atoms with Crippen LogP contribution in [-0.4, -0.2) is 37.1 Å². The molecule has 0 spiro atoms. The summed E-state index contributed by atoms with van der Waals surface area (Å²) in [7, 11) is 4.29. The van der Waals surface area contributed by atoms with Gasteiger partial charge in [0.2, 0.25) is 0 Å². The number of aryl methyl sites for hydroxylation is 4. The standard InChI is InChI=1S/C34H40N6/c1-23-33-29(27-13-7-9-15-31(27)38(33)3)19-25(36-23)21-40(18-12-6-5-11-17-35)22-26-20-30-28-14-8-10-16-32(28)39(4)34(30)24(2)37-26/h7-10,13-16,19-20H,5-6,11-12,17-18,21-22,35H2,1-4H3. The normalized spacial score (nSPS) is 12.2. The van der Waals surface area contributed by atoms with E-state index in [1.807, 2.05) is 0 Å². The van der Waals surface area contributed by atoms with Crippen molar-refractivity contribution in [1.82, 2.24) is 24.0 Å². The minimum atomic E-state index is 0.770. The van der Waals surface area contributed by atoms with E-state index in [1.165, 1.54) is 56.5 Å². The van der Waals surface area contributed by atoms with Gasteiger partial charge in [0.15, 0.2) is 0 Å². The quantitative estimate of drug-likeness (QED) is 0.195. The van der Waals surface area contributed by atoms with Crippen LogP contribution in [0.2, 0.25) is 0 Å². The van der Waals surface area contributed by atoms with Crippen LogP contribution in [0.5, 0.6) is 0 Å². The minimum absolute atomic E-state index is 0.770. The Hall–Kier alpha value is -3.74. The van der Waals surface area contributed by atoms with E-state index in [0.717, 1.165) is 61.8 Å². The zero-order valence-corrected chi connectivity index (χ0v) is 24.2. The highest BCUT2D eigenvalue weighted by Crippen LogP contribution is 2.32. The third-order valence-electron chi connectivity index (χ3n) is 8.42. The summed E-state index contributed by atoms with van der Waals surface area (Å²) in [6.45, 7) is 7.65. The largest absolute Gasteiger partial charge is 0.342 e. The van der Waals surface area contributed by atoms with Gasteiger partial charge in [0.25, 0.3) is 0 Å². The van der Waals surface area contributed by atoms with E-state index < -0.39 is 0 Å². The fourth-order valence-corrected chi connectivity index (χ4v) is 6.61. The Balaban J connectivity index is 1.35. The van der Waals surface area contributed by atoms with Gasteiger partial charge in [0.1, 0.15) is 0 Å². The van der Waals surface area contributed by atoms with E-state index in [4.69, 9.17) is 15.7 Å². The molecule has 0 unspecified atom stereocenters. The predicted octanol–water partition coefficient (Wildman–Crippen LogP) is 6.90. The Kier molecular flexibility index (Phi) is 7.30. The van der Waals surface area contributed by atoms with Crippen molar-refractivity contribution in [2.45, 2.75) is 52.6 Å². The van der Waals surface area contributed by atoms with Crippen LogP contribution in [0.25, 0.3) is 43.6 Å². The number of para-hydroxylation sites is 2. The molecule has 2 aromatic carbocycles.